The van der Waals surface area contributed by atoms with Crippen LogP contribution in [0.25, 0.3) is 5.65 Å². The van der Waals surface area contributed by atoms with Crippen molar-refractivity contribution in [1.82, 2.24) is 14.5 Å². The molecule has 0 aliphatic heterocycles. The van der Waals surface area contributed by atoms with Gasteiger partial charge in [-0.25, -0.2) is 4.98 Å². The molecule has 19 heavy (non-hydrogen) atoms. The molecule has 0 spiro atoms. The molecule has 1 N–H and O–H groups in total. The van der Waals surface area contributed by atoms with Crippen LogP contribution in [0, 0.1) is 13.8 Å². The van der Waals surface area contributed by atoms with Crippen molar-refractivity contribution in [2.24, 2.45) is 0 Å². The molecule has 0 saturated heterocycles. The van der Waals surface area contributed by atoms with E-state index < -0.39 is 0 Å². The Kier molecular flexibility index (Phi) is 2.56. The molecule has 3 heterocycles. The lowest BCUT2D eigenvalue weighted by atomic mass is 10.4. The maximum Gasteiger partial charge on any atom is 0.277 e. The number of carbonyl (C=O) groups is 1. The average molecular weight is 256 g/mol. The third kappa shape index (κ3) is 2.08. The highest BCUT2D eigenvalue weighted by Gasteiger charge is 2.13. The Morgan fingerprint density at radius 1 is 1.37 bits per heavy atom. The topological polar surface area (TPSA) is 72.4 Å². The van der Waals surface area contributed by atoms with Gasteiger partial charge < -0.3 is 14.2 Å². The van der Waals surface area contributed by atoms with E-state index >= 15 is 0 Å². The van der Waals surface area contributed by atoms with Gasteiger partial charge in [-0.05, 0) is 26.0 Å². The van der Waals surface area contributed by atoms with E-state index in [1.54, 1.807) is 19.2 Å². The molecule has 0 unspecified atom stereocenters. The van der Waals surface area contributed by atoms with Crippen molar-refractivity contribution >= 4 is 17.4 Å². The number of nitrogens with one attached hydrogen (secondary N) is 1. The van der Waals surface area contributed by atoms with Gasteiger partial charge in [0.15, 0.2) is 5.82 Å². The first-order chi connectivity index (χ1) is 9.13. The predicted octanol–water partition coefficient (Wildman–Crippen LogP) is 2.19. The van der Waals surface area contributed by atoms with E-state index in [4.69, 9.17) is 4.52 Å². The van der Waals surface area contributed by atoms with Crippen LogP contribution in [-0.2, 0) is 0 Å². The molecule has 6 nitrogen and oxygen atoms in total. The molecule has 3 rings (SSSR count). The second-order valence-corrected chi connectivity index (χ2v) is 4.30. The van der Waals surface area contributed by atoms with Crippen LogP contribution >= 0.6 is 0 Å². The Labute approximate surface area is 109 Å². The van der Waals surface area contributed by atoms with E-state index in [0.29, 0.717) is 17.3 Å². The van der Waals surface area contributed by atoms with Crippen LogP contribution in [0.15, 0.2) is 35.0 Å². The molecule has 0 aliphatic rings. The van der Waals surface area contributed by atoms with Crippen LogP contribution in [0.4, 0.5) is 5.82 Å². The Morgan fingerprint density at radius 2 is 2.21 bits per heavy atom. The molecule has 0 fully saturated rings. The number of amides is 1. The summed E-state index contributed by atoms with van der Waals surface area (Å²) in [6.07, 6.45) is 1.70. The number of carbonyl (C=O) groups excluding carboxylic acids is 1. The fourth-order valence-corrected chi connectivity index (χ4v) is 1.86. The number of pyridine rings is 1. The lowest BCUT2D eigenvalue weighted by Gasteiger charge is -1.96. The van der Waals surface area contributed by atoms with Crippen molar-refractivity contribution in [3.05, 3.63) is 47.6 Å². The summed E-state index contributed by atoms with van der Waals surface area (Å²) >= 11 is 0. The summed E-state index contributed by atoms with van der Waals surface area (Å²) in [7, 11) is 0. The van der Waals surface area contributed by atoms with Crippen LogP contribution < -0.4 is 5.32 Å². The van der Waals surface area contributed by atoms with Gasteiger partial charge in [0, 0.05) is 18.0 Å². The lowest BCUT2D eigenvalue weighted by molar-refractivity contribution is 0.102. The number of imidazole rings is 1. The van der Waals surface area contributed by atoms with Crippen molar-refractivity contribution in [1.29, 1.82) is 0 Å². The van der Waals surface area contributed by atoms with Crippen molar-refractivity contribution in [2.75, 3.05) is 5.32 Å². The SMILES string of the molecule is Cc1cc(NC(=O)c2cn3c(C)cccc3n2)no1. The monoisotopic (exact) mass is 256 g/mol. The second kappa shape index (κ2) is 4.24. The maximum atomic E-state index is 12.0. The summed E-state index contributed by atoms with van der Waals surface area (Å²) in [5.41, 5.74) is 2.10. The molecule has 0 saturated carbocycles. The number of hydrogen-bond acceptors (Lipinski definition) is 4. The van der Waals surface area contributed by atoms with Crippen molar-refractivity contribution < 1.29 is 9.32 Å². The van der Waals surface area contributed by atoms with E-state index in [2.05, 4.69) is 15.5 Å². The molecular formula is C13H12N4O2. The van der Waals surface area contributed by atoms with E-state index in [9.17, 15) is 4.79 Å². The molecular weight excluding hydrogens is 244 g/mol. The Hall–Kier alpha value is -2.63. The smallest absolute Gasteiger partial charge is 0.277 e. The normalized spacial score (nSPS) is 10.8. The lowest BCUT2D eigenvalue weighted by Crippen LogP contribution is -2.12. The maximum absolute atomic E-state index is 12.0. The van der Waals surface area contributed by atoms with Crippen molar-refractivity contribution in [2.45, 2.75) is 13.8 Å². The summed E-state index contributed by atoms with van der Waals surface area (Å²) in [6.45, 7) is 3.72. The Bertz CT molecular complexity index is 757. The highest BCUT2D eigenvalue weighted by molar-refractivity contribution is 6.02. The van der Waals surface area contributed by atoms with E-state index in [1.807, 2.05) is 29.5 Å². The standard InChI is InChI=1S/C13H12N4O2/c1-8-4-3-5-12-14-10(7-17(8)12)13(18)15-11-6-9(2)19-16-11/h3-7H,1-2H3,(H,15,16,18). The zero-order valence-corrected chi connectivity index (χ0v) is 10.5. The molecule has 6 heteroatoms. The van der Waals surface area contributed by atoms with Crippen LogP contribution in [-0.4, -0.2) is 20.4 Å². The van der Waals surface area contributed by atoms with Gasteiger partial charge in [-0.15, -0.1) is 0 Å². The molecule has 0 radical (unpaired) electrons. The van der Waals surface area contributed by atoms with E-state index in [-0.39, 0.29) is 5.91 Å². The number of anilines is 1. The van der Waals surface area contributed by atoms with Crippen LogP contribution in [0.5, 0.6) is 0 Å². The van der Waals surface area contributed by atoms with Gasteiger partial charge in [-0.1, -0.05) is 11.2 Å². The van der Waals surface area contributed by atoms with Gasteiger partial charge in [0.25, 0.3) is 5.91 Å². The van der Waals surface area contributed by atoms with Gasteiger partial charge in [0.2, 0.25) is 0 Å². The Morgan fingerprint density at radius 3 is 2.89 bits per heavy atom. The number of aryl methyl sites for hydroxylation is 2. The average Bonchev–Trinajstić information content (AvgIpc) is 2.96. The van der Waals surface area contributed by atoms with Gasteiger partial charge in [0.1, 0.15) is 17.1 Å². The quantitative estimate of drug-likeness (QED) is 0.762. The molecule has 3 aromatic heterocycles. The van der Waals surface area contributed by atoms with Crippen LogP contribution in [0.2, 0.25) is 0 Å². The minimum absolute atomic E-state index is 0.309. The first-order valence-electron chi connectivity index (χ1n) is 5.83. The van der Waals surface area contributed by atoms with E-state index in [0.717, 1.165) is 11.3 Å². The molecule has 3 aromatic rings. The van der Waals surface area contributed by atoms with E-state index in [1.165, 1.54) is 0 Å². The first-order valence-corrected chi connectivity index (χ1v) is 5.83. The molecule has 0 atom stereocenters. The van der Waals surface area contributed by atoms with Gasteiger partial charge in [-0.3, -0.25) is 4.79 Å². The largest absolute Gasteiger partial charge is 0.360 e. The number of hydrogen-bond donors (Lipinski definition) is 1. The summed E-state index contributed by atoms with van der Waals surface area (Å²) in [5.74, 6) is 0.717. The third-order valence-electron chi connectivity index (χ3n) is 2.80. The number of fused-ring (bicyclic) bond motifs is 1. The minimum atomic E-state index is -0.309. The molecule has 0 aliphatic carbocycles. The molecule has 0 bridgehead atoms. The molecule has 96 valence electrons. The fraction of sp³-hybridized carbons (Fsp3) is 0.154. The van der Waals surface area contributed by atoms with Crippen LogP contribution in [0.1, 0.15) is 21.9 Å². The molecule has 1 amide bonds. The summed E-state index contributed by atoms with van der Waals surface area (Å²) < 4.78 is 6.75. The summed E-state index contributed by atoms with van der Waals surface area (Å²) in [5, 5.41) is 6.35. The zero-order chi connectivity index (χ0) is 13.4. The zero-order valence-electron chi connectivity index (χ0n) is 10.5. The fourth-order valence-electron chi connectivity index (χ4n) is 1.86. The summed E-state index contributed by atoms with van der Waals surface area (Å²) in [6, 6.07) is 7.36. The third-order valence-corrected chi connectivity index (χ3v) is 2.80. The molecule has 0 aromatic carbocycles. The minimum Gasteiger partial charge on any atom is -0.360 e. The van der Waals surface area contributed by atoms with Crippen LogP contribution in [0.3, 0.4) is 0 Å². The first kappa shape index (κ1) is 11.5. The number of rotatable bonds is 2. The highest BCUT2D eigenvalue weighted by Crippen LogP contribution is 2.11. The van der Waals surface area contributed by atoms with Gasteiger partial charge >= 0.3 is 0 Å². The number of nitrogens with zero attached hydrogens (tertiary/aromatic N) is 3. The van der Waals surface area contributed by atoms with Gasteiger partial charge in [0.05, 0.1) is 0 Å². The van der Waals surface area contributed by atoms with Crippen molar-refractivity contribution in [3.63, 3.8) is 0 Å². The second-order valence-electron chi connectivity index (χ2n) is 4.30. The highest BCUT2D eigenvalue weighted by atomic mass is 16.5. The number of aromatic nitrogens is 3. The van der Waals surface area contributed by atoms with Gasteiger partial charge in [-0.2, -0.15) is 0 Å². The van der Waals surface area contributed by atoms with Crippen molar-refractivity contribution in [3.8, 4) is 0 Å². The summed E-state index contributed by atoms with van der Waals surface area (Å²) in [4.78, 5) is 16.3. The Balaban J connectivity index is 1.91. The predicted molar refractivity (Wildman–Crippen MR) is 69.1 cm³/mol.